The Morgan fingerprint density at radius 2 is 1.81 bits per heavy atom. The topological polar surface area (TPSA) is 83.5 Å². The fourth-order valence-corrected chi connectivity index (χ4v) is 2.69. The van der Waals surface area contributed by atoms with Crippen molar-refractivity contribution in [3.05, 3.63) is 29.8 Å². The summed E-state index contributed by atoms with van der Waals surface area (Å²) in [7, 11) is -3.27. The minimum atomic E-state index is -3.27. The highest BCUT2D eigenvalue weighted by molar-refractivity contribution is 7.93. The van der Waals surface area contributed by atoms with Gasteiger partial charge in [0.05, 0.1) is 10.8 Å². The molecule has 86 valence electrons. The van der Waals surface area contributed by atoms with Gasteiger partial charge >= 0.3 is 5.97 Å². The van der Waals surface area contributed by atoms with Crippen molar-refractivity contribution in [3.8, 4) is 0 Å². The molecule has 0 bridgehead atoms. The molecular weight excluding hydrogens is 230 g/mol. The Morgan fingerprint density at radius 1 is 1.25 bits per heavy atom. The summed E-state index contributed by atoms with van der Waals surface area (Å²) in [5.74, 6) is -1.03. The smallest absolute Gasteiger partial charge is 0.335 e. The SMILES string of the molecule is O=C(O)c1ccc(NS(=O)(=O)C2CC2)cc1. The first-order chi connectivity index (χ1) is 7.49. The summed E-state index contributed by atoms with van der Waals surface area (Å²) in [6, 6.07) is 5.63. The lowest BCUT2D eigenvalue weighted by Crippen LogP contribution is -2.17. The second-order valence-electron chi connectivity index (χ2n) is 3.73. The molecule has 0 heterocycles. The van der Waals surface area contributed by atoms with Gasteiger partial charge in [0, 0.05) is 5.69 Å². The van der Waals surface area contributed by atoms with Gasteiger partial charge in [-0.15, -0.1) is 0 Å². The zero-order valence-electron chi connectivity index (χ0n) is 8.38. The van der Waals surface area contributed by atoms with Gasteiger partial charge in [-0.2, -0.15) is 0 Å². The number of sulfonamides is 1. The van der Waals surface area contributed by atoms with Crippen LogP contribution in [0.3, 0.4) is 0 Å². The highest BCUT2D eigenvalue weighted by Crippen LogP contribution is 2.29. The van der Waals surface area contributed by atoms with Gasteiger partial charge in [-0.25, -0.2) is 13.2 Å². The van der Waals surface area contributed by atoms with Crippen LogP contribution < -0.4 is 4.72 Å². The number of benzene rings is 1. The van der Waals surface area contributed by atoms with Crippen LogP contribution in [-0.4, -0.2) is 24.7 Å². The molecule has 0 saturated heterocycles. The van der Waals surface area contributed by atoms with Crippen LogP contribution in [-0.2, 0) is 10.0 Å². The number of carboxylic acid groups (broad SMARTS) is 1. The molecule has 1 fully saturated rings. The van der Waals surface area contributed by atoms with E-state index in [4.69, 9.17) is 5.11 Å². The number of aromatic carboxylic acids is 1. The molecule has 1 aromatic rings. The second-order valence-corrected chi connectivity index (χ2v) is 5.69. The third kappa shape index (κ3) is 2.33. The van der Waals surface area contributed by atoms with Gasteiger partial charge in [0.1, 0.15) is 0 Å². The lowest BCUT2D eigenvalue weighted by atomic mass is 10.2. The van der Waals surface area contributed by atoms with Crippen LogP contribution in [0.2, 0.25) is 0 Å². The lowest BCUT2D eigenvalue weighted by molar-refractivity contribution is 0.0697. The monoisotopic (exact) mass is 241 g/mol. The first kappa shape index (κ1) is 10.9. The molecule has 1 aliphatic rings. The third-order valence-electron chi connectivity index (χ3n) is 2.36. The third-order valence-corrected chi connectivity index (χ3v) is 4.22. The number of carboxylic acids is 1. The summed E-state index contributed by atoms with van der Waals surface area (Å²) in [5.41, 5.74) is 0.534. The largest absolute Gasteiger partial charge is 0.478 e. The molecule has 0 spiro atoms. The molecule has 1 saturated carbocycles. The first-order valence-electron chi connectivity index (χ1n) is 4.84. The molecule has 0 atom stereocenters. The van der Waals surface area contributed by atoms with Gasteiger partial charge in [0.25, 0.3) is 0 Å². The predicted molar refractivity (Wildman–Crippen MR) is 59.0 cm³/mol. The fraction of sp³-hybridized carbons (Fsp3) is 0.300. The van der Waals surface area contributed by atoms with Crippen LogP contribution in [0.4, 0.5) is 5.69 Å². The maximum Gasteiger partial charge on any atom is 0.335 e. The van der Waals surface area contributed by atoms with Gasteiger partial charge in [-0.3, -0.25) is 4.72 Å². The average molecular weight is 241 g/mol. The van der Waals surface area contributed by atoms with Crippen LogP contribution in [0, 0.1) is 0 Å². The number of hydrogen-bond donors (Lipinski definition) is 2. The summed E-state index contributed by atoms with van der Waals surface area (Å²) >= 11 is 0. The van der Waals surface area contributed by atoms with Gasteiger partial charge < -0.3 is 5.11 Å². The van der Waals surface area contributed by atoms with Gasteiger partial charge in [-0.1, -0.05) is 0 Å². The van der Waals surface area contributed by atoms with Crippen molar-refractivity contribution in [2.24, 2.45) is 0 Å². The molecule has 0 aliphatic heterocycles. The Bertz CT molecular complexity index is 502. The molecule has 2 N–H and O–H groups in total. The van der Waals surface area contributed by atoms with Crippen LogP contribution in [0.1, 0.15) is 23.2 Å². The zero-order valence-corrected chi connectivity index (χ0v) is 9.20. The Hall–Kier alpha value is -1.56. The molecule has 0 aromatic heterocycles. The minimum absolute atomic E-state index is 0.134. The minimum Gasteiger partial charge on any atom is -0.478 e. The van der Waals surface area contributed by atoms with Crippen molar-refractivity contribution in [1.82, 2.24) is 0 Å². The number of anilines is 1. The van der Waals surface area contributed by atoms with Crippen LogP contribution in [0.5, 0.6) is 0 Å². The molecule has 5 nitrogen and oxygen atoms in total. The summed E-state index contributed by atoms with van der Waals surface area (Å²) < 4.78 is 25.5. The van der Waals surface area contributed by atoms with Crippen molar-refractivity contribution >= 4 is 21.7 Å². The van der Waals surface area contributed by atoms with Crippen molar-refractivity contribution in [3.63, 3.8) is 0 Å². The number of hydrogen-bond acceptors (Lipinski definition) is 3. The lowest BCUT2D eigenvalue weighted by Gasteiger charge is -2.06. The van der Waals surface area contributed by atoms with Gasteiger partial charge in [0.15, 0.2) is 0 Å². The predicted octanol–water partition coefficient (Wildman–Crippen LogP) is 1.29. The quantitative estimate of drug-likeness (QED) is 0.832. The second kappa shape index (κ2) is 3.79. The Labute approximate surface area is 93.2 Å². The average Bonchev–Trinajstić information content (AvgIpc) is 3.01. The van der Waals surface area contributed by atoms with Gasteiger partial charge in [-0.05, 0) is 37.1 Å². The number of rotatable bonds is 4. The van der Waals surface area contributed by atoms with E-state index in [1.165, 1.54) is 24.3 Å². The normalized spacial score (nSPS) is 15.8. The molecule has 16 heavy (non-hydrogen) atoms. The number of carbonyl (C=O) groups is 1. The van der Waals surface area contributed by atoms with E-state index >= 15 is 0 Å². The van der Waals surface area contributed by atoms with E-state index in [-0.39, 0.29) is 10.8 Å². The van der Waals surface area contributed by atoms with Crippen LogP contribution in [0.25, 0.3) is 0 Å². The van der Waals surface area contributed by atoms with E-state index in [9.17, 15) is 13.2 Å². The van der Waals surface area contributed by atoms with Crippen molar-refractivity contribution in [2.45, 2.75) is 18.1 Å². The zero-order chi connectivity index (χ0) is 11.8. The van der Waals surface area contributed by atoms with E-state index in [2.05, 4.69) is 4.72 Å². The molecule has 1 aliphatic carbocycles. The molecular formula is C10H11NO4S. The van der Waals surface area contributed by atoms with Crippen molar-refractivity contribution in [2.75, 3.05) is 4.72 Å². The van der Waals surface area contributed by atoms with E-state index in [0.29, 0.717) is 18.5 Å². The van der Waals surface area contributed by atoms with Crippen LogP contribution >= 0.6 is 0 Å². The fourth-order valence-electron chi connectivity index (χ4n) is 1.31. The van der Waals surface area contributed by atoms with Gasteiger partial charge in [0.2, 0.25) is 10.0 Å². The summed E-state index contributed by atoms with van der Waals surface area (Å²) in [4.78, 5) is 10.6. The van der Waals surface area contributed by atoms with E-state index in [1.807, 2.05) is 0 Å². The summed E-state index contributed by atoms with van der Waals surface area (Å²) in [5, 5.41) is 8.38. The molecule has 0 radical (unpaired) electrons. The van der Waals surface area contributed by atoms with Crippen molar-refractivity contribution in [1.29, 1.82) is 0 Å². The van der Waals surface area contributed by atoms with E-state index in [1.54, 1.807) is 0 Å². The Kier molecular flexibility index (Phi) is 2.59. The Balaban J connectivity index is 2.13. The molecule has 1 aromatic carbocycles. The van der Waals surface area contributed by atoms with E-state index < -0.39 is 16.0 Å². The first-order valence-corrected chi connectivity index (χ1v) is 6.39. The molecule has 0 unspecified atom stereocenters. The van der Waals surface area contributed by atoms with E-state index in [0.717, 1.165) is 0 Å². The highest BCUT2D eigenvalue weighted by Gasteiger charge is 2.35. The maximum absolute atomic E-state index is 11.6. The standard InChI is InChI=1S/C10H11NO4S/c12-10(13)7-1-3-8(4-2-7)11-16(14,15)9-5-6-9/h1-4,9,11H,5-6H2,(H,12,13). The molecule has 6 heteroatoms. The highest BCUT2D eigenvalue weighted by atomic mass is 32.2. The summed E-state index contributed by atoms with van der Waals surface area (Å²) in [6.45, 7) is 0. The van der Waals surface area contributed by atoms with Crippen molar-refractivity contribution < 1.29 is 18.3 Å². The molecule has 2 rings (SSSR count). The Morgan fingerprint density at radius 3 is 2.25 bits per heavy atom. The molecule has 0 amide bonds. The van der Waals surface area contributed by atoms with Crippen LogP contribution in [0.15, 0.2) is 24.3 Å². The summed E-state index contributed by atoms with van der Waals surface area (Å²) in [6.07, 6.45) is 1.39. The number of nitrogens with one attached hydrogen (secondary N) is 1. The maximum atomic E-state index is 11.6.